The lowest BCUT2D eigenvalue weighted by atomic mass is 9.98. The fourth-order valence-electron chi connectivity index (χ4n) is 1.35. The van der Waals surface area contributed by atoms with Gasteiger partial charge in [-0.15, -0.1) is 0 Å². The molecule has 0 aliphatic heterocycles. The molecule has 0 spiro atoms. The Morgan fingerprint density at radius 1 is 1.22 bits per heavy atom. The number of hydrogen-bond acceptors (Lipinski definition) is 1. The van der Waals surface area contributed by atoms with E-state index in [1.807, 2.05) is 0 Å². The van der Waals surface area contributed by atoms with Crippen LogP contribution in [0.3, 0.4) is 0 Å². The maximum absolute atomic E-state index is 5.51. The molecule has 0 aromatic rings. The average Bonchev–Trinajstić information content (AvgIpc) is 1.91. The molecule has 0 saturated heterocycles. The van der Waals surface area contributed by atoms with Crippen molar-refractivity contribution < 1.29 is 4.52 Å². The normalized spacial score (nSPS) is 23.7. The highest BCUT2D eigenvalue weighted by atomic mass is 31.1. The third-order valence-electron chi connectivity index (χ3n) is 1.84. The third-order valence-corrected chi connectivity index (χ3v) is 2.41. The molecule has 1 rings (SSSR count). The SMILES string of the molecule is CPOC1CCCCC1. The zero-order valence-electron chi connectivity index (χ0n) is 6.02. The van der Waals surface area contributed by atoms with Crippen LogP contribution in [-0.2, 0) is 4.52 Å². The lowest BCUT2D eigenvalue weighted by Gasteiger charge is -2.20. The Morgan fingerprint density at radius 2 is 1.89 bits per heavy atom. The van der Waals surface area contributed by atoms with Crippen molar-refractivity contribution >= 4 is 8.81 Å². The summed E-state index contributed by atoms with van der Waals surface area (Å²) < 4.78 is 5.51. The van der Waals surface area contributed by atoms with Crippen molar-refractivity contribution in [2.24, 2.45) is 0 Å². The lowest BCUT2D eigenvalue weighted by molar-refractivity contribution is 0.179. The molecule has 0 amide bonds. The molecule has 0 radical (unpaired) electrons. The molecule has 54 valence electrons. The molecular formula is C7H15OP. The largest absolute Gasteiger partial charge is 0.360 e. The first-order valence-corrected chi connectivity index (χ1v) is 5.16. The van der Waals surface area contributed by atoms with E-state index in [2.05, 4.69) is 6.66 Å². The second-order valence-electron chi connectivity index (χ2n) is 2.58. The molecule has 0 aromatic carbocycles. The summed E-state index contributed by atoms with van der Waals surface area (Å²) in [5, 5.41) is 0. The summed E-state index contributed by atoms with van der Waals surface area (Å²) in [5.41, 5.74) is 0. The van der Waals surface area contributed by atoms with Gasteiger partial charge in [-0.25, -0.2) is 0 Å². The standard InChI is InChI=1S/C7H15OP/c1-9-8-7-5-3-2-4-6-7/h7,9H,2-6H2,1H3. The second-order valence-corrected chi connectivity index (χ2v) is 3.23. The Morgan fingerprint density at radius 3 is 2.44 bits per heavy atom. The highest BCUT2D eigenvalue weighted by Gasteiger charge is 2.11. The van der Waals surface area contributed by atoms with Gasteiger partial charge in [-0.1, -0.05) is 19.3 Å². The van der Waals surface area contributed by atoms with Crippen LogP contribution >= 0.6 is 8.81 Å². The summed E-state index contributed by atoms with van der Waals surface area (Å²) in [5.74, 6) is 0. The van der Waals surface area contributed by atoms with E-state index in [0.717, 1.165) is 0 Å². The van der Waals surface area contributed by atoms with Gasteiger partial charge in [0.05, 0.1) is 6.10 Å². The van der Waals surface area contributed by atoms with Gasteiger partial charge in [-0.05, 0) is 19.5 Å². The molecular weight excluding hydrogens is 131 g/mol. The lowest BCUT2D eigenvalue weighted by Crippen LogP contribution is -2.12. The maximum atomic E-state index is 5.51. The number of hydrogen-bond donors (Lipinski definition) is 0. The molecule has 1 nitrogen and oxygen atoms in total. The smallest absolute Gasteiger partial charge is 0.0614 e. The molecule has 1 unspecified atom stereocenters. The van der Waals surface area contributed by atoms with Gasteiger partial charge in [-0.2, -0.15) is 0 Å². The Hall–Kier alpha value is 0.390. The molecule has 1 atom stereocenters. The second kappa shape index (κ2) is 4.24. The Kier molecular flexibility index (Phi) is 3.54. The zero-order valence-corrected chi connectivity index (χ0v) is 7.02. The summed E-state index contributed by atoms with van der Waals surface area (Å²) in [6, 6.07) is 0. The van der Waals surface area contributed by atoms with Crippen LogP contribution in [0.25, 0.3) is 0 Å². The van der Waals surface area contributed by atoms with E-state index in [0.29, 0.717) is 14.9 Å². The summed E-state index contributed by atoms with van der Waals surface area (Å²) in [7, 11) is 0.689. The molecule has 0 bridgehead atoms. The predicted molar refractivity (Wildman–Crippen MR) is 42.2 cm³/mol. The van der Waals surface area contributed by atoms with Gasteiger partial charge in [-0.3, -0.25) is 0 Å². The first-order valence-electron chi connectivity index (χ1n) is 3.76. The maximum Gasteiger partial charge on any atom is 0.0614 e. The van der Waals surface area contributed by atoms with Crippen LogP contribution in [0.1, 0.15) is 32.1 Å². The first-order chi connectivity index (χ1) is 4.43. The predicted octanol–water partition coefficient (Wildman–Crippen LogP) is 2.56. The van der Waals surface area contributed by atoms with Gasteiger partial charge in [0.2, 0.25) is 0 Å². The van der Waals surface area contributed by atoms with E-state index in [1.165, 1.54) is 32.1 Å². The van der Waals surface area contributed by atoms with Crippen molar-refractivity contribution in [3.05, 3.63) is 0 Å². The van der Waals surface area contributed by atoms with Gasteiger partial charge in [0.15, 0.2) is 0 Å². The summed E-state index contributed by atoms with van der Waals surface area (Å²) in [4.78, 5) is 0. The van der Waals surface area contributed by atoms with E-state index < -0.39 is 0 Å². The minimum atomic E-state index is 0.613. The van der Waals surface area contributed by atoms with Crippen LogP contribution in [-0.4, -0.2) is 12.8 Å². The van der Waals surface area contributed by atoms with Crippen molar-refractivity contribution in [3.8, 4) is 0 Å². The van der Waals surface area contributed by atoms with Gasteiger partial charge in [0.1, 0.15) is 0 Å². The Bertz CT molecular complexity index is 66.6. The third kappa shape index (κ3) is 2.64. The van der Waals surface area contributed by atoms with Crippen molar-refractivity contribution in [1.29, 1.82) is 0 Å². The molecule has 1 fully saturated rings. The molecule has 1 aliphatic carbocycles. The fourth-order valence-corrected chi connectivity index (χ4v) is 1.92. The van der Waals surface area contributed by atoms with Crippen molar-refractivity contribution in [2.45, 2.75) is 38.2 Å². The molecule has 1 saturated carbocycles. The minimum Gasteiger partial charge on any atom is -0.360 e. The molecule has 0 aromatic heterocycles. The van der Waals surface area contributed by atoms with E-state index in [4.69, 9.17) is 4.52 Å². The van der Waals surface area contributed by atoms with Crippen molar-refractivity contribution in [3.63, 3.8) is 0 Å². The first kappa shape index (κ1) is 7.50. The molecule has 1 aliphatic rings. The van der Waals surface area contributed by atoms with Gasteiger partial charge in [0, 0.05) is 8.81 Å². The molecule has 0 N–H and O–H groups in total. The Balaban J connectivity index is 2.08. The monoisotopic (exact) mass is 146 g/mol. The fraction of sp³-hybridized carbons (Fsp3) is 1.00. The highest BCUT2D eigenvalue weighted by Crippen LogP contribution is 2.24. The zero-order chi connectivity index (χ0) is 6.53. The topological polar surface area (TPSA) is 9.23 Å². The van der Waals surface area contributed by atoms with Crippen LogP contribution in [0, 0.1) is 0 Å². The minimum absolute atomic E-state index is 0.613. The van der Waals surface area contributed by atoms with Crippen molar-refractivity contribution in [2.75, 3.05) is 6.66 Å². The van der Waals surface area contributed by atoms with Crippen LogP contribution in [0.15, 0.2) is 0 Å². The molecule has 2 heteroatoms. The average molecular weight is 146 g/mol. The Labute approximate surface area is 59.0 Å². The van der Waals surface area contributed by atoms with Crippen LogP contribution < -0.4 is 0 Å². The quantitative estimate of drug-likeness (QED) is 0.544. The highest BCUT2D eigenvalue weighted by molar-refractivity contribution is 7.31. The van der Waals surface area contributed by atoms with Gasteiger partial charge < -0.3 is 4.52 Å². The van der Waals surface area contributed by atoms with Gasteiger partial charge in [0.25, 0.3) is 0 Å². The van der Waals surface area contributed by atoms with Crippen LogP contribution in [0.4, 0.5) is 0 Å². The molecule has 9 heavy (non-hydrogen) atoms. The van der Waals surface area contributed by atoms with E-state index in [9.17, 15) is 0 Å². The van der Waals surface area contributed by atoms with Crippen LogP contribution in [0.5, 0.6) is 0 Å². The summed E-state index contributed by atoms with van der Waals surface area (Å²) in [6.07, 6.45) is 7.42. The van der Waals surface area contributed by atoms with Gasteiger partial charge >= 0.3 is 0 Å². The van der Waals surface area contributed by atoms with E-state index in [-0.39, 0.29) is 0 Å². The summed E-state index contributed by atoms with van der Waals surface area (Å²) in [6.45, 7) is 2.11. The van der Waals surface area contributed by atoms with Crippen molar-refractivity contribution in [1.82, 2.24) is 0 Å². The molecule has 0 heterocycles. The van der Waals surface area contributed by atoms with Crippen LogP contribution in [0.2, 0.25) is 0 Å². The number of rotatable bonds is 2. The summed E-state index contributed by atoms with van der Waals surface area (Å²) >= 11 is 0. The van der Waals surface area contributed by atoms with E-state index >= 15 is 0 Å². The van der Waals surface area contributed by atoms with E-state index in [1.54, 1.807) is 0 Å².